The molecule has 0 saturated heterocycles. The van der Waals surface area contributed by atoms with Crippen LogP contribution in [0, 0.1) is 10.1 Å². The van der Waals surface area contributed by atoms with Gasteiger partial charge in [0.15, 0.2) is 11.7 Å². The monoisotopic (exact) mass is 257 g/mol. The first-order valence-corrected chi connectivity index (χ1v) is 4.82. The van der Waals surface area contributed by atoms with Crippen LogP contribution in [-0.2, 0) is 9.53 Å². The lowest BCUT2D eigenvalue weighted by molar-refractivity contribution is -0.389. The lowest BCUT2D eigenvalue weighted by Crippen LogP contribution is -2.44. The van der Waals surface area contributed by atoms with Crippen LogP contribution in [0.25, 0.3) is 0 Å². The smallest absolute Gasteiger partial charge is 0.330 e. The van der Waals surface area contributed by atoms with Crippen molar-refractivity contribution in [3.63, 3.8) is 0 Å². The minimum absolute atomic E-state index is 0.0935. The maximum absolute atomic E-state index is 11.6. The van der Waals surface area contributed by atoms with Crippen LogP contribution in [0.5, 0.6) is 0 Å². The molecule has 0 aliphatic carbocycles. The highest BCUT2D eigenvalue weighted by Crippen LogP contribution is 2.09. The van der Waals surface area contributed by atoms with Gasteiger partial charge in [0.25, 0.3) is 5.91 Å². The summed E-state index contributed by atoms with van der Waals surface area (Å²) in [5, 5.41) is 21.4. The fourth-order valence-corrected chi connectivity index (χ4v) is 1.18. The van der Waals surface area contributed by atoms with Crippen molar-refractivity contribution in [3.8, 4) is 0 Å². The SMILES string of the molecule is COC(=O)C(CO)NC(=O)c1ccc([N+](=O)[O-])[nH]1. The average Bonchev–Trinajstić information content (AvgIpc) is 2.84. The number of amides is 1. The van der Waals surface area contributed by atoms with Gasteiger partial charge in [-0.1, -0.05) is 0 Å². The van der Waals surface area contributed by atoms with Crippen molar-refractivity contribution in [2.45, 2.75) is 6.04 Å². The molecule has 1 aromatic heterocycles. The van der Waals surface area contributed by atoms with Crippen LogP contribution in [0.2, 0.25) is 0 Å². The van der Waals surface area contributed by atoms with Crippen LogP contribution in [-0.4, -0.2) is 46.6 Å². The van der Waals surface area contributed by atoms with Crippen LogP contribution >= 0.6 is 0 Å². The Bertz CT molecular complexity index is 469. The highest BCUT2D eigenvalue weighted by molar-refractivity contribution is 5.95. The first kappa shape index (κ1) is 13.6. The molecule has 0 bridgehead atoms. The number of nitrogens with zero attached hydrogens (tertiary/aromatic N) is 1. The van der Waals surface area contributed by atoms with E-state index in [2.05, 4.69) is 15.0 Å². The summed E-state index contributed by atoms with van der Waals surface area (Å²) in [6.45, 7) is -0.638. The van der Waals surface area contributed by atoms with Crippen LogP contribution in [0.3, 0.4) is 0 Å². The molecule has 1 heterocycles. The Balaban J connectivity index is 2.74. The largest absolute Gasteiger partial charge is 0.467 e. The first-order chi connectivity index (χ1) is 8.49. The van der Waals surface area contributed by atoms with E-state index in [1.807, 2.05) is 0 Å². The summed E-state index contributed by atoms with van der Waals surface area (Å²) in [7, 11) is 1.11. The van der Waals surface area contributed by atoms with Gasteiger partial charge in [-0.15, -0.1) is 0 Å². The number of hydrogen-bond acceptors (Lipinski definition) is 6. The van der Waals surface area contributed by atoms with E-state index in [1.165, 1.54) is 6.07 Å². The number of aliphatic hydroxyl groups is 1. The van der Waals surface area contributed by atoms with Crippen molar-refractivity contribution >= 4 is 17.7 Å². The summed E-state index contributed by atoms with van der Waals surface area (Å²) in [5.41, 5.74) is -0.0935. The van der Waals surface area contributed by atoms with Crippen molar-refractivity contribution in [3.05, 3.63) is 27.9 Å². The number of aromatic amines is 1. The molecule has 98 valence electrons. The second-order valence-electron chi connectivity index (χ2n) is 3.25. The third-order valence-corrected chi connectivity index (χ3v) is 2.09. The average molecular weight is 257 g/mol. The molecule has 0 aliphatic rings. The minimum atomic E-state index is -1.22. The molecular formula is C9H11N3O6. The van der Waals surface area contributed by atoms with Crippen molar-refractivity contribution < 1.29 is 24.4 Å². The molecular weight excluding hydrogens is 246 g/mol. The summed E-state index contributed by atoms with van der Waals surface area (Å²) >= 11 is 0. The van der Waals surface area contributed by atoms with Gasteiger partial charge in [0.1, 0.15) is 0 Å². The van der Waals surface area contributed by atoms with Gasteiger partial charge >= 0.3 is 11.8 Å². The molecule has 0 spiro atoms. The van der Waals surface area contributed by atoms with Gasteiger partial charge in [0, 0.05) is 6.07 Å². The van der Waals surface area contributed by atoms with E-state index in [0.717, 1.165) is 13.2 Å². The maximum atomic E-state index is 11.6. The molecule has 1 rings (SSSR count). The summed E-state index contributed by atoms with van der Waals surface area (Å²) < 4.78 is 4.35. The van der Waals surface area contributed by atoms with Gasteiger partial charge in [-0.25, -0.2) is 9.78 Å². The van der Waals surface area contributed by atoms with Crippen LogP contribution in [0.4, 0.5) is 5.82 Å². The molecule has 0 aromatic carbocycles. The van der Waals surface area contributed by atoms with E-state index in [-0.39, 0.29) is 11.5 Å². The molecule has 0 aliphatic heterocycles. The van der Waals surface area contributed by atoms with Crippen molar-refractivity contribution in [2.75, 3.05) is 13.7 Å². The molecule has 0 radical (unpaired) electrons. The Hall–Kier alpha value is -2.42. The second-order valence-corrected chi connectivity index (χ2v) is 3.25. The van der Waals surface area contributed by atoms with Gasteiger partial charge in [-0.3, -0.25) is 4.79 Å². The zero-order chi connectivity index (χ0) is 13.7. The molecule has 0 saturated carbocycles. The highest BCUT2D eigenvalue weighted by atomic mass is 16.6. The number of esters is 1. The molecule has 3 N–H and O–H groups in total. The molecule has 1 amide bonds. The van der Waals surface area contributed by atoms with E-state index >= 15 is 0 Å². The van der Waals surface area contributed by atoms with Crippen LogP contribution in [0.15, 0.2) is 12.1 Å². The standard InChI is InChI=1S/C9H11N3O6/c1-18-9(15)6(4-13)11-8(14)5-2-3-7(10-5)12(16)17/h2-3,6,10,13H,4H2,1H3,(H,11,14). The molecule has 9 heteroatoms. The Morgan fingerprint density at radius 2 is 2.28 bits per heavy atom. The molecule has 0 fully saturated rings. The Morgan fingerprint density at radius 3 is 2.72 bits per heavy atom. The minimum Gasteiger partial charge on any atom is -0.467 e. The Kier molecular flexibility index (Phi) is 4.38. The summed E-state index contributed by atoms with van der Waals surface area (Å²) in [5.74, 6) is -1.92. The third-order valence-electron chi connectivity index (χ3n) is 2.09. The highest BCUT2D eigenvalue weighted by Gasteiger charge is 2.23. The van der Waals surface area contributed by atoms with E-state index in [4.69, 9.17) is 5.11 Å². The zero-order valence-corrected chi connectivity index (χ0v) is 9.37. The lowest BCUT2D eigenvalue weighted by atomic mass is 10.3. The predicted octanol–water partition coefficient (Wildman–Crippen LogP) is -0.813. The van der Waals surface area contributed by atoms with Gasteiger partial charge in [-0.05, 0) is 11.0 Å². The molecule has 18 heavy (non-hydrogen) atoms. The Labute approximate surface area is 101 Å². The summed E-state index contributed by atoms with van der Waals surface area (Å²) in [6.07, 6.45) is 0. The number of carbonyl (C=O) groups excluding carboxylic acids is 2. The lowest BCUT2D eigenvalue weighted by Gasteiger charge is -2.12. The van der Waals surface area contributed by atoms with Gasteiger partial charge in [0.2, 0.25) is 0 Å². The van der Waals surface area contributed by atoms with Gasteiger partial charge in [-0.2, -0.15) is 0 Å². The molecule has 1 atom stereocenters. The summed E-state index contributed by atoms with van der Waals surface area (Å²) in [6, 6.07) is 1.09. The van der Waals surface area contributed by atoms with Crippen molar-refractivity contribution in [2.24, 2.45) is 0 Å². The Morgan fingerprint density at radius 1 is 1.61 bits per heavy atom. The number of rotatable bonds is 5. The van der Waals surface area contributed by atoms with E-state index < -0.39 is 29.4 Å². The number of aromatic nitrogens is 1. The fourth-order valence-electron chi connectivity index (χ4n) is 1.18. The normalized spacial score (nSPS) is 11.7. The van der Waals surface area contributed by atoms with Crippen molar-refractivity contribution in [1.29, 1.82) is 0 Å². The topological polar surface area (TPSA) is 135 Å². The molecule has 1 aromatic rings. The number of methoxy groups -OCH3 is 1. The second kappa shape index (κ2) is 5.77. The third kappa shape index (κ3) is 3.04. The number of carbonyl (C=O) groups is 2. The van der Waals surface area contributed by atoms with E-state index in [9.17, 15) is 19.7 Å². The van der Waals surface area contributed by atoms with Gasteiger partial charge < -0.3 is 25.3 Å². The zero-order valence-electron chi connectivity index (χ0n) is 9.37. The molecule has 9 nitrogen and oxygen atoms in total. The first-order valence-electron chi connectivity index (χ1n) is 4.82. The van der Waals surface area contributed by atoms with Gasteiger partial charge in [0.05, 0.1) is 13.7 Å². The predicted molar refractivity (Wildman–Crippen MR) is 57.8 cm³/mol. The quantitative estimate of drug-likeness (QED) is 0.358. The van der Waals surface area contributed by atoms with E-state index in [0.29, 0.717) is 0 Å². The number of nitrogens with one attached hydrogen (secondary N) is 2. The molecule has 1 unspecified atom stereocenters. The number of H-pyrrole nitrogens is 1. The number of hydrogen-bond donors (Lipinski definition) is 3. The van der Waals surface area contributed by atoms with Crippen molar-refractivity contribution in [1.82, 2.24) is 10.3 Å². The van der Waals surface area contributed by atoms with E-state index in [1.54, 1.807) is 0 Å². The maximum Gasteiger partial charge on any atom is 0.330 e. The van der Waals surface area contributed by atoms with Crippen LogP contribution in [0.1, 0.15) is 10.5 Å². The number of nitro groups is 1. The van der Waals surface area contributed by atoms with Crippen LogP contribution < -0.4 is 5.32 Å². The number of ether oxygens (including phenoxy) is 1. The number of aliphatic hydroxyl groups excluding tert-OH is 1. The fraction of sp³-hybridized carbons (Fsp3) is 0.333. The summed E-state index contributed by atoms with van der Waals surface area (Å²) in [4.78, 5) is 34.7.